The molecule has 0 unspecified atom stereocenters. The summed E-state index contributed by atoms with van der Waals surface area (Å²) >= 11 is 0. The summed E-state index contributed by atoms with van der Waals surface area (Å²) in [7, 11) is 1.78. The van der Waals surface area contributed by atoms with Crippen molar-refractivity contribution in [2.75, 3.05) is 12.4 Å². The Bertz CT molecular complexity index is 767. The molecular formula is C12H9N7. The van der Waals surface area contributed by atoms with E-state index in [1.54, 1.807) is 31.8 Å². The zero-order valence-corrected chi connectivity index (χ0v) is 10.0. The van der Waals surface area contributed by atoms with Gasteiger partial charge in [-0.25, -0.2) is 19.9 Å². The first kappa shape index (κ1) is 11.1. The fraction of sp³-hybridized carbons (Fsp3) is 0.0833. The quantitative estimate of drug-likeness (QED) is 0.615. The number of aromatic nitrogens is 6. The van der Waals surface area contributed by atoms with Crippen LogP contribution >= 0.6 is 0 Å². The Morgan fingerprint density at radius 3 is 2.63 bits per heavy atom. The van der Waals surface area contributed by atoms with Gasteiger partial charge in [0.25, 0.3) is 0 Å². The molecule has 7 nitrogen and oxygen atoms in total. The molecule has 0 aliphatic carbocycles. The van der Waals surface area contributed by atoms with Crippen LogP contribution in [0, 0.1) is 11.8 Å². The van der Waals surface area contributed by atoms with Crippen LogP contribution in [0.4, 0.5) is 5.82 Å². The zero-order chi connectivity index (χ0) is 13.1. The maximum atomic E-state index is 4.28. The predicted molar refractivity (Wildman–Crippen MR) is 69.2 cm³/mol. The van der Waals surface area contributed by atoms with Gasteiger partial charge in [-0.3, -0.25) is 0 Å². The molecule has 3 heterocycles. The van der Waals surface area contributed by atoms with Gasteiger partial charge in [0.1, 0.15) is 5.52 Å². The highest BCUT2D eigenvalue weighted by atomic mass is 15.1. The van der Waals surface area contributed by atoms with Gasteiger partial charge < -0.3 is 10.3 Å². The summed E-state index contributed by atoms with van der Waals surface area (Å²) in [6.07, 6.45) is 4.83. The predicted octanol–water partition coefficient (Wildman–Crippen LogP) is 0.584. The van der Waals surface area contributed by atoms with E-state index in [0.717, 1.165) is 5.52 Å². The highest BCUT2D eigenvalue weighted by Crippen LogP contribution is 2.15. The third-order valence-electron chi connectivity index (χ3n) is 2.37. The molecule has 7 heteroatoms. The van der Waals surface area contributed by atoms with E-state index in [4.69, 9.17) is 0 Å². The summed E-state index contributed by atoms with van der Waals surface area (Å²) in [5, 5.41) is 2.97. The van der Waals surface area contributed by atoms with E-state index < -0.39 is 0 Å². The molecule has 19 heavy (non-hydrogen) atoms. The Morgan fingerprint density at radius 2 is 1.84 bits per heavy atom. The van der Waals surface area contributed by atoms with Gasteiger partial charge in [-0.1, -0.05) is 0 Å². The van der Waals surface area contributed by atoms with Gasteiger partial charge in [0.15, 0.2) is 11.5 Å². The molecule has 0 saturated heterocycles. The van der Waals surface area contributed by atoms with Crippen molar-refractivity contribution in [2.45, 2.75) is 0 Å². The molecule has 3 rings (SSSR count). The lowest BCUT2D eigenvalue weighted by atomic mass is 10.4. The van der Waals surface area contributed by atoms with Gasteiger partial charge in [0.2, 0.25) is 11.6 Å². The molecule has 92 valence electrons. The van der Waals surface area contributed by atoms with Crippen LogP contribution < -0.4 is 5.32 Å². The number of hydrogen-bond acceptors (Lipinski definition) is 6. The molecule has 0 bridgehead atoms. The normalized spacial score (nSPS) is 9.95. The van der Waals surface area contributed by atoms with Crippen molar-refractivity contribution in [2.24, 2.45) is 0 Å². The number of hydrogen-bond donors (Lipinski definition) is 2. The molecule has 0 atom stereocenters. The first-order chi connectivity index (χ1) is 9.36. The molecular weight excluding hydrogens is 242 g/mol. The third-order valence-corrected chi connectivity index (χ3v) is 2.37. The topological polar surface area (TPSA) is 92.3 Å². The van der Waals surface area contributed by atoms with Crippen molar-refractivity contribution in [3.05, 3.63) is 36.4 Å². The smallest absolute Gasteiger partial charge is 0.209 e. The Balaban J connectivity index is 2.04. The number of imidazole rings is 1. The maximum absolute atomic E-state index is 4.28. The van der Waals surface area contributed by atoms with E-state index in [9.17, 15) is 0 Å². The number of H-pyrrole nitrogens is 1. The summed E-state index contributed by atoms with van der Waals surface area (Å²) in [4.78, 5) is 23.6. The minimum atomic E-state index is 0.372. The van der Waals surface area contributed by atoms with Crippen LogP contribution in [0.3, 0.4) is 0 Å². The number of nitrogens with zero attached hydrogens (tertiary/aromatic N) is 5. The molecule has 0 aliphatic rings. The third kappa shape index (κ3) is 2.19. The maximum Gasteiger partial charge on any atom is 0.209 e. The minimum absolute atomic E-state index is 0.372. The zero-order valence-electron chi connectivity index (χ0n) is 10.0. The second-order valence-electron chi connectivity index (χ2n) is 3.57. The number of rotatable bonds is 1. The van der Waals surface area contributed by atoms with Gasteiger partial charge >= 0.3 is 0 Å². The summed E-state index contributed by atoms with van der Waals surface area (Å²) < 4.78 is 0. The van der Waals surface area contributed by atoms with Crippen molar-refractivity contribution in [1.29, 1.82) is 0 Å². The fourth-order valence-corrected chi connectivity index (χ4v) is 1.55. The monoisotopic (exact) mass is 251 g/mol. The van der Waals surface area contributed by atoms with Crippen molar-refractivity contribution in [1.82, 2.24) is 29.9 Å². The first-order valence-corrected chi connectivity index (χ1v) is 5.55. The summed E-state index contributed by atoms with van der Waals surface area (Å²) in [6, 6.07) is 1.73. The highest BCUT2D eigenvalue weighted by molar-refractivity contribution is 5.82. The number of nitrogens with one attached hydrogen (secondary N) is 2. The largest absolute Gasteiger partial charge is 0.371 e. The molecule has 0 amide bonds. The van der Waals surface area contributed by atoms with Gasteiger partial charge in [0, 0.05) is 19.4 Å². The number of fused-ring (bicyclic) bond motifs is 1. The van der Waals surface area contributed by atoms with E-state index in [-0.39, 0.29) is 0 Å². The Labute approximate surface area is 108 Å². The summed E-state index contributed by atoms with van der Waals surface area (Å²) in [5.41, 5.74) is 1.32. The average molecular weight is 251 g/mol. The molecule has 0 saturated carbocycles. The lowest BCUT2D eigenvalue weighted by molar-refractivity contribution is 1.12. The molecule has 0 spiro atoms. The van der Waals surface area contributed by atoms with E-state index >= 15 is 0 Å². The number of anilines is 1. The molecule has 3 aromatic heterocycles. The van der Waals surface area contributed by atoms with E-state index in [1.807, 2.05) is 0 Å². The van der Waals surface area contributed by atoms with Gasteiger partial charge in [-0.15, -0.1) is 0 Å². The standard InChI is InChI=1S/C12H9N7/c1-13-11-10-12(17-7-16-10)19-9(18-11)4-3-8-14-5-2-6-15-8/h2,5-7H,1H3,(H2,13,16,17,18,19). The van der Waals surface area contributed by atoms with Gasteiger partial charge in [-0.05, 0) is 17.9 Å². The average Bonchev–Trinajstić information content (AvgIpc) is 2.93. The lowest BCUT2D eigenvalue weighted by Crippen LogP contribution is -1.99. The summed E-state index contributed by atoms with van der Waals surface area (Å²) in [6.45, 7) is 0. The van der Waals surface area contributed by atoms with Crippen LogP contribution in [0.1, 0.15) is 11.6 Å². The SMILES string of the molecule is CNc1nc(C#Cc2ncccn2)nc2nc[nH]c12. The molecule has 0 fully saturated rings. The van der Waals surface area contributed by atoms with E-state index in [1.165, 1.54) is 0 Å². The molecule has 0 radical (unpaired) electrons. The van der Waals surface area contributed by atoms with Gasteiger partial charge in [-0.2, -0.15) is 4.98 Å². The first-order valence-electron chi connectivity index (χ1n) is 5.55. The van der Waals surface area contributed by atoms with Crippen LogP contribution in [-0.4, -0.2) is 37.0 Å². The molecule has 2 N–H and O–H groups in total. The summed E-state index contributed by atoms with van der Waals surface area (Å²) in [5.74, 6) is 7.09. The van der Waals surface area contributed by atoms with Crippen LogP contribution in [0.25, 0.3) is 11.2 Å². The van der Waals surface area contributed by atoms with Crippen molar-refractivity contribution < 1.29 is 0 Å². The second kappa shape index (κ2) is 4.70. The van der Waals surface area contributed by atoms with E-state index in [0.29, 0.717) is 23.1 Å². The molecule has 3 aromatic rings. The fourth-order valence-electron chi connectivity index (χ4n) is 1.55. The van der Waals surface area contributed by atoms with E-state index in [2.05, 4.69) is 47.1 Å². The van der Waals surface area contributed by atoms with Crippen molar-refractivity contribution >= 4 is 17.0 Å². The minimum Gasteiger partial charge on any atom is -0.371 e. The Kier molecular flexibility index (Phi) is 2.74. The highest BCUT2D eigenvalue weighted by Gasteiger charge is 2.06. The van der Waals surface area contributed by atoms with Crippen molar-refractivity contribution in [3.63, 3.8) is 0 Å². The Morgan fingerprint density at radius 1 is 1.05 bits per heavy atom. The number of aromatic amines is 1. The van der Waals surface area contributed by atoms with Crippen LogP contribution in [-0.2, 0) is 0 Å². The van der Waals surface area contributed by atoms with Crippen LogP contribution in [0.15, 0.2) is 24.8 Å². The van der Waals surface area contributed by atoms with Crippen LogP contribution in [0.2, 0.25) is 0 Å². The lowest BCUT2D eigenvalue weighted by Gasteiger charge is -1.99. The van der Waals surface area contributed by atoms with Crippen LogP contribution in [0.5, 0.6) is 0 Å². The molecule has 0 aromatic carbocycles. The Hall–Kier alpha value is -3.01. The van der Waals surface area contributed by atoms with Crippen molar-refractivity contribution in [3.8, 4) is 11.8 Å². The molecule has 0 aliphatic heterocycles. The second-order valence-corrected chi connectivity index (χ2v) is 3.57. The van der Waals surface area contributed by atoms with Gasteiger partial charge in [0.05, 0.1) is 6.33 Å².